The van der Waals surface area contributed by atoms with Gasteiger partial charge in [-0.05, 0) is 214 Å². The van der Waals surface area contributed by atoms with Crippen LogP contribution in [0.5, 0.6) is 6.01 Å². The van der Waals surface area contributed by atoms with Crippen LogP contribution in [0.15, 0.2) is 72.8 Å². The Kier molecular flexibility index (Phi) is 33.7. The first-order chi connectivity index (χ1) is 68.4. The van der Waals surface area contributed by atoms with Gasteiger partial charge in [-0.2, -0.15) is 67.5 Å². The first-order valence-electron chi connectivity index (χ1n) is 50.1. The number of piperidine rings is 4. The first-order valence-corrected chi connectivity index (χ1v) is 55.8. The van der Waals surface area contributed by atoms with Crippen molar-refractivity contribution in [2.45, 2.75) is 253 Å². The molecule has 0 aliphatic carbocycles. The van der Waals surface area contributed by atoms with Gasteiger partial charge in [-0.15, -0.1) is 34.0 Å². The van der Waals surface area contributed by atoms with Crippen LogP contribution in [0.25, 0.3) is 63.4 Å². The van der Waals surface area contributed by atoms with E-state index in [0.717, 1.165) is 187 Å². The minimum Gasteiger partial charge on any atom is -0.467 e. The molecule has 28 nitrogen and oxygen atoms in total. The number of carbonyl (C=O) groups excluding carboxylic acids is 1. The number of hydrogen-bond donors (Lipinski definition) is 5. The fourth-order valence-corrected chi connectivity index (χ4v) is 26.7. The summed E-state index contributed by atoms with van der Waals surface area (Å²) in [5, 5.41) is 26.2. The monoisotopic (exact) mass is 2090 g/mol. The summed E-state index contributed by atoms with van der Waals surface area (Å²) in [6, 6.07) is 28.3. The lowest BCUT2D eigenvalue weighted by Gasteiger charge is -2.37. The predicted octanol–water partition coefficient (Wildman–Crippen LogP) is 17.6. The van der Waals surface area contributed by atoms with E-state index in [9.17, 15) is 66.4 Å². The van der Waals surface area contributed by atoms with E-state index in [1.807, 2.05) is 19.9 Å². The number of aromatic nitrogens is 9. The highest BCUT2D eigenvalue weighted by Gasteiger charge is 2.37. The molecular weight excluding hydrogens is 1960 g/mol. The molecule has 6 aliphatic heterocycles. The molecule has 42 heteroatoms. The summed E-state index contributed by atoms with van der Waals surface area (Å²) in [7, 11) is -3.48. The second-order valence-corrected chi connectivity index (χ2v) is 47.4. The van der Waals surface area contributed by atoms with Crippen molar-refractivity contribution in [2.24, 2.45) is 11.7 Å². The Balaban J connectivity index is 0.000000155. The number of nitrogens with two attached hydrogens (primary N) is 1. The van der Waals surface area contributed by atoms with Gasteiger partial charge in [0.2, 0.25) is 5.91 Å². The molecule has 144 heavy (non-hydrogen) atoms. The lowest BCUT2D eigenvalue weighted by atomic mass is 9.92. The smallest absolute Gasteiger partial charge is 0.393 e. The summed E-state index contributed by atoms with van der Waals surface area (Å²) < 4.78 is 182. The third-order valence-corrected chi connectivity index (χ3v) is 36.1. The molecule has 18 rings (SSSR count). The number of hydrogen-bond acceptors (Lipinski definition) is 25. The largest absolute Gasteiger partial charge is 0.467 e. The van der Waals surface area contributed by atoms with Crippen LogP contribution in [0.2, 0.25) is 0 Å². The lowest BCUT2D eigenvalue weighted by Crippen LogP contribution is -2.54. The molecule has 9 aromatic heterocycles. The normalized spacial score (nSPS) is 18.5. The maximum absolute atomic E-state index is 13.1. The number of benzene rings is 3. The molecule has 0 bridgehead atoms. The van der Waals surface area contributed by atoms with Crippen LogP contribution in [-0.4, -0.2) is 272 Å². The summed E-state index contributed by atoms with van der Waals surface area (Å²) in [5.41, 5.74) is 19.6. The van der Waals surface area contributed by atoms with Gasteiger partial charge in [0.1, 0.15) is 55.4 Å². The molecule has 1 amide bonds. The first kappa shape index (κ1) is 107. The minimum absolute atomic E-state index is 0.0912. The van der Waals surface area contributed by atoms with Gasteiger partial charge in [0.25, 0.3) is 10.2 Å². The molecular formula is C102H133F9N22O6S5. The number of rotatable bonds is 31. The number of aryl methyl sites for hydroxylation is 7. The number of nitrogens with zero attached hydrogens (tertiary/aromatic N) is 17. The molecule has 3 atom stereocenters. The van der Waals surface area contributed by atoms with Gasteiger partial charge < -0.3 is 40.1 Å². The van der Waals surface area contributed by atoms with E-state index in [0.29, 0.717) is 142 Å². The van der Waals surface area contributed by atoms with Crippen molar-refractivity contribution >= 4 is 141 Å². The highest BCUT2D eigenvalue weighted by molar-refractivity contribution is 7.91. The highest BCUT2D eigenvalue weighted by Crippen LogP contribution is 2.41. The number of fused-ring (bicyclic) bond motifs is 6. The van der Waals surface area contributed by atoms with Crippen LogP contribution in [0.1, 0.15) is 169 Å². The van der Waals surface area contributed by atoms with Crippen molar-refractivity contribution in [2.75, 3.05) is 133 Å². The van der Waals surface area contributed by atoms with E-state index in [2.05, 4.69) is 204 Å². The Morgan fingerprint density at radius 3 is 1.20 bits per heavy atom. The topological polar surface area (TPSA) is 307 Å². The molecule has 0 radical (unpaired) electrons. The zero-order valence-electron chi connectivity index (χ0n) is 84.0. The van der Waals surface area contributed by atoms with Gasteiger partial charge in [-0.3, -0.25) is 34.2 Å². The molecule has 780 valence electrons. The predicted molar refractivity (Wildman–Crippen MR) is 555 cm³/mol. The van der Waals surface area contributed by atoms with E-state index in [1.54, 1.807) is 12.1 Å². The zero-order chi connectivity index (χ0) is 103. The van der Waals surface area contributed by atoms with Crippen molar-refractivity contribution in [3.8, 4) is 12.1 Å². The highest BCUT2D eigenvalue weighted by atomic mass is 32.2. The number of halogens is 9. The third-order valence-electron chi connectivity index (χ3n) is 29.8. The summed E-state index contributed by atoms with van der Waals surface area (Å²) >= 11 is 3.22. The summed E-state index contributed by atoms with van der Waals surface area (Å²) in [4.78, 5) is 55.3. The summed E-state index contributed by atoms with van der Waals surface area (Å²) in [5.74, 6) is 3.78. The van der Waals surface area contributed by atoms with Gasteiger partial charge in [0, 0.05) is 239 Å². The van der Waals surface area contributed by atoms with Gasteiger partial charge >= 0.3 is 24.5 Å². The average molecular weight is 2090 g/mol. The van der Waals surface area contributed by atoms with E-state index in [1.165, 1.54) is 85.5 Å². The Labute approximate surface area is 848 Å². The number of methoxy groups -OCH3 is 1. The maximum atomic E-state index is 13.1. The summed E-state index contributed by atoms with van der Waals surface area (Å²) in [6.07, 6.45) is -6.56. The Morgan fingerprint density at radius 1 is 0.486 bits per heavy atom. The number of ether oxygens (including phenoxy) is 1. The maximum Gasteiger partial charge on any atom is 0.393 e. The number of sulfone groups is 1. The molecule has 0 unspecified atom stereocenters. The Bertz CT molecular complexity index is 6840. The number of likely N-dealkylation sites (tertiary alicyclic amines) is 4. The van der Waals surface area contributed by atoms with Crippen LogP contribution in [0, 0.1) is 51.9 Å². The molecule has 3 aromatic carbocycles. The quantitative estimate of drug-likeness (QED) is 0.0252. The van der Waals surface area contributed by atoms with Crippen LogP contribution in [0.4, 0.5) is 57.0 Å². The molecule has 6 aliphatic rings. The second-order valence-electron chi connectivity index (χ2n) is 39.9. The number of primary amides is 1. The number of thiophene rings is 3. The van der Waals surface area contributed by atoms with Gasteiger partial charge in [-0.25, -0.2) is 33.1 Å². The van der Waals surface area contributed by atoms with Crippen molar-refractivity contribution in [3.63, 3.8) is 0 Å². The van der Waals surface area contributed by atoms with Crippen molar-refractivity contribution in [1.29, 1.82) is 5.26 Å². The fraction of sp³-hybridized carbons (Fsp3) is 0.569. The third kappa shape index (κ3) is 26.2. The second kappa shape index (κ2) is 45.3. The molecule has 0 saturated carbocycles. The van der Waals surface area contributed by atoms with Crippen molar-refractivity contribution < 1.29 is 65.9 Å². The summed E-state index contributed by atoms with van der Waals surface area (Å²) in [6.45, 7) is 36.9. The fourth-order valence-electron chi connectivity index (χ4n) is 21.4. The van der Waals surface area contributed by atoms with E-state index in [4.69, 9.17) is 10.5 Å². The van der Waals surface area contributed by atoms with Crippen LogP contribution < -0.4 is 31.1 Å². The van der Waals surface area contributed by atoms with Crippen LogP contribution in [0.3, 0.4) is 0 Å². The Morgan fingerprint density at radius 2 is 0.840 bits per heavy atom. The van der Waals surface area contributed by atoms with Gasteiger partial charge in [-0.1, -0.05) is 32.0 Å². The van der Waals surface area contributed by atoms with Crippen molar-refractivity contribution in [1.82, 2.24) is 82.0 Å². The number of nitriles is 1. The number of carbonyl (C=O) groups is 1. The van der Waals surface area contributed by atoms with Gasteiger partial charge in [0.05, 0.1) is 54.0 Å². The molecule has 12 aromatic rings. The van der Waals surface area contributed by atoms with E-state index in [-0.39, 0.29) is 68.3 Å². The van der Waals surface area contributed by atoms with E-state index < -0.39 is 57.8 Å². The molecule has 6 saturated heterocycles. The number of alkyl halides is 9. The average Bonchev–Trinajstić information content (AvgIpc) is 1.62. The van der Waals surface area contributed by atoms with E-state index >= 15 is 0 Å². The van der Waals surface area contributed by atoms with Gasteiger partial charge in [0.15, 0.2) is 9.84 Å². The molecule has 6 fully saturated rings. The Hall–Kier alpha value is -9.49. The molecule has 6 N–H and O–H groups in total. The number of anilines is 3. The number of nitrogens with one attached hydrogen (secondary N) is 4. The minimum atomic E-state index is -4.30. The SMILES string of the molecule is CCc1nc(NC2CCN(Cc3ccc4c(cc(C)n4C[C@H](C)N4CCC(CC(N)=O)CC4)c3C)CC2)c2cc(CC(F)(F)F)sc2n1.CCc1nc(NC2CCN(Cc3ccc4c(cc(C)n4C[C@H](C)N4CCS(=O)(=O)CC4)c3C)CC2)c2cc(CC(F)(F)F)sc2n1.CNS(=O)(=O)N1CCN([C@@H](C)Cn2c(C#N)cc3c(C)c(CN4CCC(Nc5nc(OC)nc6sc(CC(F)(F)F)cc56)CC4)ccc32)CC1. The molecule has 15 heterocycles. The zero-order valence-corrected chi connectivity index (χ0v) is 88.1. The lowest BCUT2D eigenvalue weighted by molar-refractivity contribution is -0.127. The number of amides is 1. The van der Waals surface area contributed by atoms with Crippen LogP contribution >= 0.6 is 34.0 Å². The van der Waals surface area contributed by atoms with Crippen LogP contribution in [-0.2, 0) is 96.2 Å². The van der Waals surface area contributed by atoms with Crippen molar-refractivity contribution in [3.05, 3.63) is 150 Å². The standard InChI is InChI=1S/C36H48F3N7OS.C33H42F3N9O3S2.C33H43F3N6O2S2/c1-5-33-42-34(30-18-28(19-36(37,38)39)48-35(30)43-33)41-27-10-12-44(13-11-27)21-26-6-7-31-29(24(26)4)16-22(2)46(31)20-23(3)45-14-8-25(9-15-45)17-32(40)47;1-21(43-11-13-44(14-12-43)50(46,47)38-3)19-45-25(18-37)15-27-22(2)23(5-6-29(27)45)20-42-9-7-24(8-10-42)39-30-28-16-26(17-33(34,35)36)49-31(28)41-32(40-30)48-4;1-5-30-38-31(28-17-26(18-33(34,35)36)45-32(28)39-30)37-25-8-10-40(11-9-25)20-24-6-7-29-27(23(24)4)16-21(2)42(29)19-22(3)41-12-14-46(43,44)15-13-41/h6-7,16,18,23,25,27H,5,8-15,17,19-21H2,1-4H3,(H2,40,47)(H,41,42,43);5-6,15-16,21,24,38H,7-14,17,19-20H2,1-4H3,(H,39,40,41);6-7,16-17,22,25H,5,8-15,18-20H2,1-4H3,(H,37,38,39)/t23-;21-;22-/m000/s1. The number of piperazine rings is 1. The molecule has 0 spiro atoms.